The number of carbonyl (C=O) groups is 1. The highest BCUT2D eigenvalue weighted by Crippen LogP contribution is 2.31. The normalized spacial score (nSPS) is 26.4. The van der Waals surface area contributed by atoms with Crippen LogP contribution in [0.4, 0.5) is 11.4 Å². The minimum absolute atomic E-state index is 0.311. The lowest BCUT2D eigenvalue weighted by molar-refractivity contribution is 0.0696. The van der Waals surface area contributed by atoms with Gasteiger partial charge >= 0.3 is 5.97 Å². The van der Waals surface area contributed by atoms with E-state index in [4.69, 9.17) is 5.73 Å². The van der Waals surface area contributed by atoms with Gasteiger partial charge in [0.05, 0.1) is 11.3 Å². The lowest BCUT2D eigenvalue weighted by Crippen LogP contribution is -2.59. The minimum atomic E-state index is -0.907. The summed E-state index contributed by atoms with van der Waals surface area (Å²) in [5.41, 5.74) is 7.36. The van der Waals surface area contributed by atoms with Crippen LogP contribution in [0.2, 0.25) is 0 Å². The Bertz CT molecular complexity index is 546. The summed E-state index contributed by atoms with van der Waals surface area (Å²) in [5.74, 6) is -0.907. The number of anilines is 2. The molecule has 0 spiro atoms. The van der Waals surface area contributed by atoms with Gasteiger partial charge in [0, 0.05) is 30.9 Å². The zero-order valence-corrected chi connectivity index (χ0v) is 12.5. The number of carboxylic acids is 1. The van der Waals surface area contributed by atoms with Gasteiger partial charge in [0.2, 0.25) is 0 Å². The van der Waals surface area contributed by atoms with Crippen LogP contribution in [-0.2, 0) is 0 Å². The third-order valence-corrected chi connectivity index (χ3v) is 4.75. The smallest absolute Gasteiger partial charge is 0.337 e. The molecule has 2 atom stereocenters. The second-order valence-electron chi connectivity index (χ2n) is 6.23. The fourth-order valence-electron chi connectivity index (χ4n) is 3.66. The monoisotopic (exact) mass is 289 g/mol. The van der Waals surface area contributed by atoms with Gasteiger partial charge in [-0.2, -0.15) is 0 Å². The minimum Gasteiger partial charge on any atom is -0.478 e. The maximum absolute atomic E-state index is 11.5. The van der Waals surface area contributed by atoms with Crippen molar-refractivity contribution in [3.63, 3.8) is 0 Å². The van der Waals surface area contributed by atoms with E-state index in [9.17, 15) is 9.90 Å². The van der Waals surface area contributed by atoms with Gasteiger partial charge in [0.15, 0.2) is 0 Å². The second-order valence-corrected chi connectivity index (χ2v) is 6.23. The first-order valence-electron chi connectivity index (χ1n) is 7.70. The van der Waals surface area contributed by atoms with E-state index in [2.05, 4.69) is 16.7 Å². The molecule has 0 amide bonds. The fraction of sp³-hybridized carbons (Fsp3) is 0.562. The molecule has 0 aromatic heterocycles. The quantitative estimate of drug-likeness (QED) is 0.815. The third-order valence-electron chi connectivity index (χ3n) is 4.75. The molecule has 1 aromatic rings. The van der Waals surface area contributed by atoms with Gasteiger partial charge in [0.25, 0.3) is 0 Å². The lowest BCUT2D eigenvalue weighted by atomic mass is 9.96. The van der Waals surface area contributed by atoms with Crippen LogP contribution in [0.25, 0.3) is 0 Å². The van der Waals surface area contributed by atoms with Crippen molar-refractivity contribution in [2.45, 2.75) is 38.3 Å². The molecular weight excluding hydrogens is 266 g/mol. The molecule has 0 radical (unpaired) electrons. The molecule has 0 saturated carbocycles. The summed E-state index contributed by atoms with van der Waals surface area (Å²) in [6, 6.07) is 6.09. The summed E-state index contributed by atoms with van der Waals surface area (Å²) in [4.78, 5) is 16.3. The number of hydrogen-bond acceptors (Lipinski definition) is 4. The molecule has 1 aromatic carbocycles. The van der Waals surface area contributed by atoms with Crippen LogP contribution in [-0.4, -0.2) is 47.7 Å². The summed E-state index contributed by atoms with van der Waals surface area (Å²) >= 11 is 0. The van der Waals surface area contributed by atoms with E-state index in [1.165, 1.54) is 25.8 Å². The Morgan fingerprint density at radius 3 is 2.90 bits per heavy atom. The summed E-state index contributed by atoms with van der Waals surface area (Å²) < 4.78 is 0. The first-order chi connectivity index (χ1) is 10.1. The zero-order valence-electron chi connectivity index (χ0n) is 12.5. The van der Waals surface area contributed by atoms with Crippen LogP contribution in [0, 0.1) is 0 Å². The average Bonchev–Trinajstić information content (AvgIpc) is 2.46. The largest absolute Gasteiger partial charge is 0.478 e. The lowest BCUT2D eigenvalue weighted by Gasteiger charge is -2.48. The zero-order chi connectivity index (χ0) is 15.0. The first-order valence-corrected chi connectivity index (χ1v) is 7.70. The fourth-order valence-corrected chi connectivity index (χ4v) is 3.66. The SMILES string of the molecule is CC1CN2CCCCC2CN1c1ccc(N)cc1C(=O)O. The number of nitrogen functional groups attached to an aromatic ring is 1. The Labute approximate surface area is 125 Å². The second kappa shape index (κ2) is 5.56. The summed E-state index contributed by atoms with van der Waals surface area (Å²) in [6.07, 6.45) is 3.77. The number of carboxylic acid groups (broad SMARTS) is 1. The molecule has 2 unspecified atom stereocenters. The van der Waals surface area contributed by atoms with Gasteiger partial charge in [-0.25, -0.2) is 4.79 Å². The Morgan fingerprint density at radius 1 is 1.33 bits per heavy atom. The molecule has 5 heteroatoms. The summed E-state index contributed by atoms with van der Waals surface area (Å²) in [5, 5.41) is 9.45. The van der Waals surface area contributed by atoms with Gasteiger partial charge in [-0.15, -0.1) is 0 Å². The van der Waals surface area contributed by atoms with E-state index in [1.807, 2.05) is 6.07 Å². The van der Waals surface area contributed by atoms with Crippen LogP contribution in [0.15, 0.2) is 18.2 Å². The molecule has 2 aliphatic heterocycles. The Kier molecular flexibility index (Phi) is 3.76. The molecule has 114 valence electrons. The van der Waals surface area contributed by atoms with Gasteiger partial charge in [0.1, 0.15) is 0 Å². The van der Waals surface area contributed by atoms with Crippen LogP contribution in [0.1, 0.15) is 36.5 Å². The van der Waals surface area contributed by atoms with E-state index in [0.717, 1.165) is 18.8 Å². The van der Waals surface area contributed by atoms with Crippen LogP contribution in [0.5, 0.6) is 0 Å². The Balaban J connectivity index is 1.91. The summed E-state index contributed by atoms with van der Waals surface area (Å²) in [6.45, 7) is 5.27. The number of aromatic carboxylic acids is 1. The molecule has 2 saturated heterocycles. The van der Waals surface area contributed by atoms with Crippen molar-refractivity contribution in [2.24, 2.45) is 0 Å². The number of benzene rings is 1. The molecule has 2 aliphatic rings. The van der Waals surface area contributed by atoms with Gasteiger partial charge in [-0.1, -0.05) is 6.42 Å². The van der Waals surface area contributed by atoms with E-state index in [1.54, 1.807) is 12.1 Å². The molecule has 3 rings (SSSR count). The Hall–Kier alpha value is -1.75. The van der Waals surface area contributed by atoms with E-state index in [-0.39, 0.29) is 0 Å². The average molecular weight is 289 g/mol. The number of piperazine rings is 1. The van der Waals surface area contributed by atoms with Crippen molar-refractivity contribution in [2.75, 3.05) is 30.3 Å². The van der Waals surface area contributed by atoms with Gasteiger partial charge in [-0.05, 0) is 44.5 Å². The van der Waals surface area contributed by atoms with Crippen molar-refractivity contribution < 1.29 is 9.90 Å². The van der Waals surface area contributed by atoms with Crippen molar-refractivity contribution >= 4 is 17.3 Å². The molecule has 3 N–H and O–H groups in total. The Morgan fingerprint density at radius 2 is 2.14 bits per heavy atom. The predicted octanol–water partition coefficient (Wildman–Crippen LogP) is 2.03. The standard InChI is InChI=1S/C16H23N3O2/c1-11-9-18-7-3-2-4-13(18)10-19(11)15-6-5-12(17)8-14(15)16(20)21/h5-6,8,11,13H,2-4,7,9-10,17H2,1H3,(H,20,21). The van der Waals surface area contributed by atoms with Gasteiger partial charge in [-0.3, -0.25) is 4.90 Å². The van der Waals surface area contributed by atoms with E-state index < -0.39 is 5.97 Å². The van der Waals surface area contributed by atoms with Crippen molar-refractivity contribution in [1.82, 2.24) is 4.90 Å². The maximum atomic E-state index is 11.5. The first kappa shape index (κ1) is 14.2. The maximum Gasteiger partial charge on any atom is 0.337 e. The molecule has 5 nitrogen and oxygen atoms in total. The summed E-state index contributed by atoms with van der Waals surface area (Å²) in [7, 11) is 0. The van der Waals surface area contributed by atoms with Gasteiger partial charge < -0.3 is 15.7 Å². The van der Waals surface area contributed by atoms with Crippen LogP contribution in [0.3, 0.4) is 0 Å². The number of hydrogen-bond donors (Lipinski definition) is 2. The molecular formula is C16H23N3O2. The topological polar surface area (TPSA) is 69.8 Å². The van der Waals surface area contributed by atoms with Crippen molar-refractivity contribution in [3.8, 4) is 0 Å². The van der Waals surface area contributed by atoms with Crippen molar-refractivity contribution in [3.05, 3.63) is 23.8 Å². The number of rotatable bonds is 2. The highest BCUT2D eigenvalue weighted by molar-refractivity contribution is 5.95. The van der Waals surface area contributed by atoms with Crippen molar-refractivity contribution in [1.29, 1.82) is 0 Å². The predicted molar refractivity (Wildman–Crippen MR) is 83.8 cm³/mol. The van der Waals surface area contributed by atoms with E-state index >= 15 is 0 Å². The highest BCUT2D eigenvalue weighted by atomic mass is 16.4. The highest BCUT2D eigenvalue weighted by Gasteiger charge is 2.34. The number of nitrogens with two attached hydrogens (primary N) is 1. The molecule has 2 fully saturated rings. The number of piperidine rings is 1. The molecule has 21 heavy (non-hydrogen) atoms. The number of nitrogens with zero attached hydrogens (tertiary/aromatic N) is 2. The van der Waals surface area contributed by atoms with Crippen LogP contribution >= 0.6 is 0 Å². The molecule has 2 heterocycles. The molecule has 0 aliphatic carbocycles. The third kappa shape index (κ3) is 2.70. The van der Waals surface area contributed by atoms with Crippen LogP contribution < -0.4 is 10.6 Å². The molecule has 0 bridgehead atoms. The van der Waals surface area contributed by atoms with E-state index in [0.29, 0.717) is 23.3 Å². The number of fused-ring (bicyclic) bond motifs is 1.